The van der Waals surface area contributed by atoms with Crippen molar-refractivity contribution in [3.8, 4) is 0 Å². The molecular formula is C17H22N2O. The van der Waals surface area contributed by atoms with Crippen LogP contribution in [0.2, 0.25) is 0 Å². The molecule has 106 valence electrons. The van der Waals surface area contributed by atoms with Crippen LogP contribution in [0.3, 0.4) is 0 Å². The number of benzene rings is 1. The molecule has 3 heteroatoms. The highest BCUT2D eigenvalue weighted by Gasteiger charge is 2.22. The smallest absolute Gasteiger partial charge is 0.224 e. The highest BCUT2D eigenvalue weighted by molar-refractivity contribution is 5.83. The molecule has 2 atom stereocenters. The molecule has 0 spiro atoms. The number of H-pyrrole nitrogens is 1. The third-order valence-corrected chi connectivity index (χ3v) is 4.44. The molecule has 0 radical (unpaired) electrons. The summed E-state index contributed by atoms with van der Waals surface area (Å²) in [6.07, 6.45) is 7.31. The molecule has 0 aliphatic heterocycles. The van der Waals surface area contributed by atoms with E-state index in [1.807, 2.05) is 24.4 Å². The van der Waals surface area contributed by atoms with Crippen LogP contribution in [-0.2, 0) is 11.2 Å². The fraction of sp³-hybridized carbons (Fsp3) is 0.471. The van der Waals surface area contributed by atoms with E-state index >= 15 is 0 Å². The van der Waals surface area contributed by atoms with Crippen molar-refractivity contribution in [3.05, 3.63) is 36.0 Å². The van der Waals surface area contributed by atoms with Crippen molar-refractivity contribution in [2.24, 2.45) is 5.92 Å². The van der Waals surface area contributed by atoms with Gasteiger partial charge in [-0.15, -0.1) is 0 Å². The maximum Gasteiger partial charge on any atom is 0.224 e. The number of nitrogens with one attached hydrogen (secondary N) is 2. The zero-order valence-electron chi connectivity index (χ0n) is 12.0. The van der Waals surface area contributed by atoms with Crippen molar-refractivity contribution in [2.75, 3.05) is 0 Å². The lowest BCUT2D eigenvalue weighted by molar-refractivity contribution is -0.121. The van der Waals surface area contributed by atoms with Crippen molar-refractivity contribution in [3.63, 3.8) is 0 Å². The maximum absolute atomic E-state index is 12.2. The van der Waals surface area contributed by atoms with Gasteiger partial charge in [-0.3, -0.25) is 4.79 Å². The summed E-state index contributed by atoms with van der Waals surface area (Å²) in [5, 5.41) is 4.38. The summed E-state index contributed by atoms with van der Waals surface area (Å²) in [5.41, 5.74) is 2.20. The van der Waals surface area contributed by atoms with E-state index in [-0.39, 0.29) is 5.91 Å². The Morgan fingerprint density at radius 1 is 1.30 bits per heavy atom. The fourth-order valence-corrected chi connectivity index (χ4v) is 3.19. The van der Waals surface area contributed by atoms with Crippen LogP contribution in [0, 0.1) is 5.92 Å². The lowest BCUT2D eigenvalue weighted by Gasteiger charge is -2.29. The monoisotopic (exact) mass is 270 g/mol. The molecule has 1 aliphatic carbocycles. The molecule has 20 heavy (non-hydrogen) atoms. The lowest BCUT2D eigenvalue weighted by atomic mass is 9.86. The average Bonchev–Trinajstić information content (AvgIpc) is 2.89. The molecule has 1 fully saturated rings. The SMILES string of the molecule is CC1CCCCC1NC(=O)Cc1ccc2[nH]ccc2c1. The number of amides is 1. The number of rotatable bonds is 3. The lowest BCUT2D eigenvalue weighted by Crippen LogP contribution is -2.41. The minimum absolute atomic E-state index is 0.152. The number of aromatic amines is 1. The van der Waals surface area contributed by atoms with Crippen molar-refractivity contribution in [2.45, 2.75) is 45.1 Å². The third kappa shape index (κ3) is 2.87. The molecule has 1 heterocycles. The minimum Gasteiger partial charge on any atom is -0.361 e. The molecule has 1 amide bonds. The normalized spacial score (nSPS) is 22.9. The van der Waals surface area contributed by atoms with Gasteiger partial charge in [0.1, 0.15) is 0 Å². The van der Waals surface area contributed by atoms with Crippen molar-refractivity contribution in [1.82, 2.24) is 10.3 Å². The first-order chi connectivity index (χ1) is 9.72. The summed E-state index contributed by atoms with van der Waals surface area (Å²) in [6.45, 7) is 2.25. The Morgan fingerprint density at radius 3 is 3.00 bits per heavy atom. The average molecular weight is 270 g/mol. The van der Waals surface area contributed by atoms with Gasteiger partial charge >= 0.3 is 0 Å². The first kappa shape index (κ1) is 13.2. The quantitative estimate of drug-likeness (QED) is 0.882. The second-order valence-corrected chi connectivity index (χ2v) is 6.01. The minimum atomic E-state index is 0.152. The molecule has 3 rings (SSSR count). The fourth-order valence-electron chi connectivity index (χ4n) is 3.19. The van der Waals surface area contributed by atoms with E-state index in [9.17, 15) is 4.79 Å². The van der Waals surface area contributed by atoms with Gasteiger partial charge in [0.25, 0.3) is 0 Å². The molecule has 0 saturated heterocycles. The number of fused-ring (bicyclic) bond motifs is 1. The van der Waals surface area contributed by atoms with Crippen LogP contribution in [0.5, 0.6) is 0 Å². The Hall–Kier alpha value is -1.77. The van der Waals surface area contributed by atoms with Gasteiger partial charge in [-0.25, -0.2) is 0 Å². The zero-order chi connectivity index (χ0) is 13.9. The summed E-state index contributed by atoms with van der Waals surface area (Å²) in [6, 6.07) is 8.58. The van der Waals surface area contributed by atoms with Crippen LogP contribution >= 0.6 is 0 Å². The van der Waals surface area contributed by atoms with Gasteiger partial charge in [-0.05, 0) is 47.9 Å². The Balaban J connectivity index is 1.63. The molecule has 2 N–H and O–H groups in total. The van der Waals surface area contributed by atoms with Crippen LogP contribution in [0.15, 0.2) is 30.5 Å². The zero-order valence-corrected chi connectivity index (χ0v) is 12.0. The molecule has 0 bridgehead atoms. The van der Waals surface area contributed by atoms with E-state index in [2.05, 4.69) is 23.3 Å². The largest absolute Gasteiger partial charge is 0.361 e. The van der Waals surface area contributed by atoms with E-state index in [0.29, 0.717) is 18.4 Å². The standard InChI is InChI=1S/C17H22N2O/c1-12-4-2-3-5-15(12)19-17(20)11-13-6-7-16-14(10-13)8-9-18-16/h6-10,12,15,18H,2-5,11H2,1H3,(H,19,20). The van der Waals surface area contributed by atoms with Crippen molar-refractivity contribution >= 4 is 16.8 Å². The van der Waals surface area contributed by atoms with Crippen LogP contribution in [-0.4, -0.2) is 16.9 Å². The summed E-state index contributed by atoms with van der Waals surface area (Å²) in [7, 11) is 0. The maximum atomic E-state index is 12.2. The van der Waals surface area contributed by atoms with E-state index in [1.54, 1.807) is 0 Å². The van der Waals surface area contributed by atoms with Crippen molar-refractivity contribution < 1.29 is 4.79 Å². The first-order valence-corrected chi connectivity index (χ1v) is 7.58. The Bertz CT molecular complexity index is 602. The van der Waals surface area contributed by atoms with Gasteiger partial charge < -0.3 is 10.3 Å². The van der Waals surface area contributed by atoms with Crippen molar-refractivity contribution in [1.29, 1.82) is 0 Å². The van der Waals surface area contributed by atoms with Gasteiger partial charge in [0.15, 0.2) is 0 Å². The Morgan fingerprint density at radius 2 is 2.15 bits per heavy atom. The van der Waals surface area contributed by atoms with Crippen LogP contribution < -0.4 is 5.32 Å². The summed E-state index contributed by atoms with van der Waals surface area (Å²) in [4.78, 5) is 15.4. The molecule has 1 aliphatic rings. The predicted octanol–water partition coefficient (Wildman–Crippen LogP) is 3.41. The topological polar surface area (TPSA) is 44.9 Å². The number of carbonyl (C=O) groups is 1. The molecule has 1 aromatic carbocycles. The van der Waals surface area contributed by atoms with Crippen LogP contribution in [0.4, 0.5) is 0 Å². The molecule has 2 aromatic rings. The van der Waals surface area contributed by atoms with Gasteiger partial charge in [0.05, 0.1) is 6.42 Å². The molecule has 1 saturated carbocycles. The highest BCUT2D eigenvalue weighted by Crippen LogP contribution is 2.23. The van der Waals surface area contributed by atoms with Gasteiger partial charge in [0.2, 0.25) is 5.91 Å². The second-order valence-electron chi connectivity index (χ2n) is 6.01. The predicted molar refractivity (Wildman–Crippen MR) is 81.6 cm³/mol. The molecule has 3 nitrogen and oxygen atoms in total. The second kappa shape index (κ2) is 5.70. The Labute approximate surface area is 119 Å². The summed E-state index contributed by atoms with van der Waals surface area (Å²) < 4.78 is 0. The van der Waals surface area contributed by atoms with Gasteiger partial charge in [-0.1, -0.05) is 25.8 Å². The third-order valence-electron chi connectivity index (χ3n) is 4.44. The molecular weight excluding hydrogens is 248 g/mol. The number of hydrogen-bond acceptors (Lipinski definition) is 1. The van der Waals surface area contributed by atoms with Crippen LogP contribution in [0.25, 0.3) is 10.9 Å². The summed E-state index contributed by atoms with van der Waals surface area (Å²) in [5.74, 6) is 0.762. The van der Waals surface area contributed by atoms with Gasteiger partial charge in [0, 0.05) is 17.8 Å². The van der Waals surface area contributed by atoms with Crippen LogP contribution in [0.1, 0.15) is 38.2 Å². The molecule has 2 unspecified atom stereocenters. The number of carbonyl (C=O) groups excluding carboxylic acids is 1. The van der Waals surface area contributed by atoms with Gasteiger partial charge in [-0.2, -0.15) is 0 Å². The first-order valence-electron chi connectivity index (χ1n) is 7.58. The highest BCUT2D eigenvalue weighted by atomic mass is 16.1. The van der Waals surface area contributed by atoms with E-state index in [1.165, 1.54) is 24.6 Å². The molecule has 1 aromatic heterocycles. The number of aromatic nitrogens is 1. The summed E-state index contributed by atoms with van der Waals surface area (Å²) >= 11 is 0. The van der Waals surface area contributed by atoms with E-state index < -0.39 is 0 Å². The number of hydrogen-bond donors (Lipinski definition) is 2. The Kier molecular flexibility index (Phi) is 3.77. The van der Waals surface area contributed by atoms with E-state index in [0.717, 1.165) is 17.5 Å². The van der Waals surface area contributed by atoms with E-state index in [4.69, 9.17) is 0 Å².